The largest absolute Gasteiger partial charge is 0.369 e. The van der Waals surface area contributed by atoms with Crippen LogP contribution in [0.2, 0.25) is 0 Å². The number of rotatable bonds is 3. The summed E-state index contributed by atoms with van der Waals surface area (Å²) < 4.78 is 5.77. The number of hydrogen-bond donors (Lipinski definition) is 1. The first-order chi connectivity index (χ1) is 9.70. The van der Waals surface area contributed by atoms with Crippen LogP contribution in [0.1, 0.15) is 22.5 Å². The summed E-state index contributed by atoms with van der Waals surface area (Å²) in [5.74, 6) is 0.631. The molecule has 1 atom stereocenters. The van der Waals surface area contributed by atoms with E-state index in [9.17, 15) is 4.79 Å². The highest BCUT2D eigenvalue weighted by molar-refractivity contribution is 7.09. The summed E-state index contributed by atoms with van der Waals surface area (Å²) in [6.45, 7) is 5.07. The molecule has 0 bridgehead atoms. The average Bonchev–Trinajstić information content (AvgIpc) is 2.91. The number of ether oxygens (including phenoxy) is 1. The first-order valence-electron chi connectivity index (χ1n) is 6.65. The number of aromatic nitrogens is 2. The number of hydrogen-bond acceptors (Lipinski definition) is 5. The Labute approximate surface area is 121 Å². The Morgan fingerprint density at radius 3 is 3.25 bits per heavy atom. The molecule has 0 aromatic carbocycles. The Kier molecular flexibility index (Phi) is 3.95. The summed E-state index contributed by atoms with van der Waals surface area (Å²) in [7, 11) is 0. The number of H-pyrrole nitrogens is 1. The van der Waals surface area contributed by atoms with Crippen LogP contribution in [0.4, 0.5) is 0 Å². The zero-order chi connectivity index (χ0) is 13.9. The maximum absolute atomic E-state index is 11.5. The molecule has 1 aliphatic rings. The molecule has 5 nitrogen and oxygen atoms in total. The Morgan fingerprint density at radius 2 is 2.50 bits per heavy atom. The Balaban J connectivity index is 1.72. The van der Waals surface area contributed by atoms with Gasteiger partial charge in [-0.2, -0.15) is 0 Å². The van der Waals surface area contributed by atoms with Crippen LogP contribution in [0.25, 0.3) is 0 Å². The fourth-order valence-electron chi connectivity index (χ4n) is 2.42. The normalized spacial score (nSPS) is 20.1. The topological polar surface area (TPSA) is 58.2 Å². The zero-order valence-corrected chi connectivity index (χ0v) is 12.2. The number of aryl methyl sites for hydroxylation is 1. The summed E-state index contributed by atoms with van der Waals surface area (Å²) in [6.07, 6.45) is -0.121. The maximum atomic E-state index is 11.5. The number of aromatic amines is 1. The lowest BCUT2D eigenvalue weighted by molar-refractivity contribution is -0.0348. The second-order valence-corrected chi connectivity index (χ2v) is 5.96. The number of morpholine rings is 1. The van der Waals surface area contributed by atoms with Crippen molar-refractivity contribution >= 4 is 11.3 Å². The fraction of sp³-hybridized carbons (Fsp3) is 0.429. The fourth-order valence-corrected chi connectivity index (χ4v) is 3.16. The quantitative estimate of drug-likeness (QED) is 0.935. The van der Waals surface area contributed by atoms with Gasteiger partial charge in [0.05, 0.1) is 12.3 Å². The van der Waals surface area contributed by atoms with Gasteiger partial charge in [-0.15, -0.1) is 11.3 Å². The van der Waals surface area contributed by atoms with Gasteiger partial charge in [0, 0.05) is 30.6 Å². The monoisotopic (exact) mass is 291 g/mol. The van der Waals surface area contributed by atoms with Gasteiger partial charge in [0.1, 0.15) is 11.9 Å². The highest BCUT2D eigenvalue weighted by Gasteiger charge is 2.23. The molecule has 1 fully saturated rings. The summed E-state index contributed by atoms with van der Waals surface area (Å²) in [5, 5.41) is 2.09. The van der Waals surface area contributed by atoms with Gasteiger partial charge in [0.2, 0.25) is 0 Å². The van der Waals surface area contributed by atoms with E-state index >= 15 is 0 Å². The van der Waals surface area contributed by atoms with E-state index in [1.54, 1.807) is 18.3 Å². The highest BCUT2D eigenvalue weighted by atomic mass is 32.1. The van der Waals surface area contributed by atoms with Gasteiger partial charge in [0.15, 0.2) is 0 Å². The molecule has 1 saturated heterocycles. The van der Waals surface area contributed by atoms with E-state index in [0.717, 1.165) is 25.3 Å². The van der Waals surface area contributed by atoms with Gasteiger partial charge in [-0.3, -0.25) is 9.69 Å². The molecule has 2 aromatic rings. The second-order valence-electron chi connectivity index (χ2n) is 4.93. The molecule has 3 rings (SSSR count). The van der Waals surface area contributed by atoms with E-state index in [4.69, 9.17) is 4.74 Å². The summed E-state index contributed by atoms with van der Waals surface area (Å²) in [4.78, 5) is 22.3. The second kappa shape index (κ2) is 5.87. The minimum atomic E-state index is -0.121. The van der Waals surface area contributed by atoms with Crippen LogP contribution < -0.4 is 5.56 Å². The number of thiophene rings is 1. The summed E-state index contributed by atoms with van der Waals surface area (Å²) in [5.41, 5.74) is 0.605. The van der Waals surface area contributed by atoms with E-state index in [1.807, 2.05) is 0 Å². The molecule has 1 unspecified atom stereocenters. The van der Waals surface area contributed by atoms with Gasteiger partial charge in [-0.05, 0) is 18.4 Å². The van der Waals surface area contributed by atoms with E-state index < -0.39 is 0 Å². The van der Waals surface area contributed by atoms with Crippen LogP contribution in [0.5, 0.6) is 0 Å². The van der Waals surface area contributed by atoms with Crippen molar-refractivity contribution in [3.63, 3.8) is 0 Å². The van der Waals surface area contributed by atoms with Crippen LogP contribution in [0, 0.1) is 6.92 Å². The standard InChI is InChI=1S/C14H17N3O2S/c1-10-15-12(7-14(18)16-10)13-9-17(4-5-19-13)8-11-3-2-6-20-11/h2-3,6-7,13H,4-5,8-9H2,1H3,(H,15,16,18). The lowest BCUT2D eigenvalue weighted by Crippen LogP contribution is -2.38. The van der Waals surface area contributed by atoms with Crippen LogP contribution in [-0.4, -0.2) is 34.6 Å². The molecule has 3 heterocycles. The Hall–Kier alpha value is -1.50. The van der Waals surface area contributed by atoms with Gasteiger partial charge < -0.3 is 9.72 Å². The average molecular weight is 291 g/mol. The van der Waals surface area contributed by atoms with Crippen LogP contribution in [0.3, 0.4) is 0 Å². The zero-order valence-electron chi connectivity index (χ0n) is 11.3. The summed E-state index contributed by atoms with van der Waals surface area (Å²) >= 11 is 1.77. The lowest BCUT2D eigenvalue weighted by atomic mass is 10.2. The maximum Gasteiger partial charge on any atom is 0.251 e. The van der Waals surface area contributed by atoms with Gasteiger partial charge in [0.25, 0.3) is 5.56 Å². The molecule has 0 spiro atoms. The van der Waals surface area contributed by atoms with Gasteiger partial charge in [-0.1, -0.05) is 6.07 Å². The smallest absolute Gasteiger partial charge is 0.251 e. The minimum Gasteiger partial charge on any atom is -0.369 e. The molecular formula is C14H17N3O2S. The third-order valence-corrected chi connectivity index (χ3v) is 4.18. The van der Waals surface area contributed by atoms with Crippen LogP contribution in [0.15, 0.2) is 28.4 Å². The molecular weight excluding hydrogens is 274 g/mol. The number of nitrogens with one attached hydrogen (secondary N) is 1. The molecule has 0 amide bonds. The third kappa shape index (κ3) is 3.15. The molecule has 20 heavy (non-hydrogen) atoms. The van der Waals surface area contributed by atoms with Crippen molar-refractivity contribution in [3.8, 4) is 0 Å². The SMILES string of the molecule is Cc1nc(C2CN(Cc3cccs3)CCO2)cc(=O)[nH]1. The van der Waals surface area contributed by atoms with Crippen molar-refractivity contribution in [3.05, 3.63) is 50.3 Å². The first-order valence-corrected chi connectivity index (χ1v) is 7.53. The predicted octanol–water partition coefficient (Wildman–Crippen LogP) is 1.71. The molecule has 2 aromatic heterocycles. The minimum absolute atomic E-state index is 0.119. The molecule has 0 aliphatic carbocycles. The van der Waals surface area contributed by atoms with E-state index in [-0.39, 0.29) is 11.7 Å². The molecule has 6 heteroatoms. The van der Waals surface area contributed by atoms with Crippen LogP contribution in [-0.2, 0) is 11.3 Å². The Morgan fingerprint density at radius 1 is 1.60 bits per heavy atom. The van der Waals surface area contributed by atoms with Gasteiger partial charge in [-0.25, -0.2) is 4.98 Å². The third-order valence-electron chi connectivity index (χ3n) is 3.32. The van der Waals surface area contributed by atoms with Crippen molar-refractivity contribution in [2.75, 3.05) is 19.7 Å². The van der Waals surface area contributed by atoms with Crippen molar-refractivity contribution in [2.24, 2.45) is 0 Å². The van der Waals surface area contributed by atoms with Crippen molar-refractivity contribution in [1.82, 2.24) is 14.9 Å². The highest BCUT2D eigenvalue weighted by Crippen LogP contribution is 2.22. The first kappa shape index (κ1) is 13.5. The van der Waals surface area contributed by atoms with E-state index in [2.05, 4.69) is 32.4 Å². The van der Waals surface area contributed by atoms with E-state index in [0.29, 0.717) is 12.4 Å². The lowest BCUT2D eigenvalue weighted by Gasteiger charge is -2.32. The molecule has 0 radical (unpaired) electrons. The van der Waals surface area contributed by atoms with Crippen molar-refractivity contribution in [2.45, 2.75) is 19.6 Å². The van der Waals surface area contributed by atoms with Gasteiger partial charge >= 0.3 is 0 Å². The van der Waals surface area contributed by atoms with Crippen LogP contribution >= 0.6 is 11.3 Å². The molecule has 1 aliphatic heterocycles. The van der Waals surface area contributed by atoms with E-state index in [1.165, 1.54) is 10.9 Å². The predicted molar refractivity (Wildman–Crippen MR) is 77.9 cm³/mol. The Bertz CT molecular complexity index is 624. The van der Waals surface area contributed by atoms with Crippen molar-refractivity contribution < 1.29 is 4.74 Å². The summed E-state index contributed by atoms with van der Waals surface area (Å²) in [6, 6.07) is 5.75. The molecule has 106 valence electrons. The molecule has 0 saturated carbocycles. The number of nitrogens with zero attached hydrogens (tertiary/aromatic N) is 2. The molecule has 1 N–H and O–H groups in total. The van der Waals surface area contributed by atoms with Crippen molar-refractivity contribution in [1.29, 1.82) is 0 Å².